The van der Waals surface area contributed by atoms with Crippen LogP contribution in [0.5, 0.6) is 0 Å². The number of carbonyl (C=O) groups is 4. The van der Waals surface area contributed by atoms with E-state index >= 15 is 0 Å². The molecule has 0 spiro atoms. The molecule has 0 heterocycles. The lowest BCUT2D eigenvalue weighted by atomic mass is 10.2. The van der Waals surface area contributed by atoms with Crippen LogP contribution < -0.4 is 10.6 Å². The number of ketones is 2. The first-order valence-electron chi connectivity index (χ1n) is 12.6. The van der Waals surface area contributed by atoms with Crippen LogP contribution >= 0.6 is 21.6 Å². The van der Waals surface area contributed by atoms with Gasteiger partial charge in [0.05, 0.1) is 11.1 Å². The van der Waals surface area contributed by atoms with Crippen molar-refractivity contribution in [1.29, 1.82) is 0 Å². The number of benzene rings is 2. The normalized spacial score (nSPS) is 10.7. The third kappa shape index (κ3) is 12.7. The molecule has 2 rings (SSSR count). The molecule has 0 radical (unpaired) electrons. The van der Waals surface area contributed by atoms with Crippen LogP contribution in [0.15, 0.2) is 58.3 Å². The molecular formula is C28H36N2O6S2. The molecule has 206 valence electrons. The Morgan fingerprint density at radius 2 is 1.03 bits per heavy atom. The predicted molar refractivity (Wildman–Crippen MR) is 151 cm³/mol. The van der Waals surface area contributed by atoms with Gasteiger partial charge >= 0.3 is 0 Å². The van der Waals surface area contributed by atoms with Crippen LogP contribution in [0.25, 0.3) is 0 Å². The van der Waals surface area contributed by atoms with E-state index in [1.54, 1.807) is 12.1 Å². The van der Waals surface area contributed by atoms with E-state index in [9.17, 15) is 19.2 Å². The van der Waals surface area contributed by atoms with E-state index in [1.807, 2.05) is 36.4 Å². The van der Waals surface area contributed by atoms with Gasteiger partial charge in [0.15, 0.2) is 11.6 Å². The van der Waals surface area contributed by atoms with Gasteiger partial charge in [0.1, 0.15) is 13.2 Å². The highest BCUT2D eigenvalue weighted by Crippen LogP contribution is 2.40. The highest BCUT2D eigenvalue weighted by molar-refractivity contribution is 8.76. The molecule has 8 nitrogen and oxygen atoms in total. The first kappa shape index (κ1) is 31.6. The summed E-state index contributed by atoms with van der Waals surface area (Å²) in [7, 11) is 2.87. The van der Waals surface area contributed by atoms with Gasteiger partial charge in [-0.1, -0.05) is 45.9 Å². The summed E-state index contributed by atoms with van der Waals surface area (Å²) in [6.07, 6.45) is 3.02. The topological polar surface area (TPSA) is 111 Å². The van der Waals surface area contributed by atoms with Crippen molar-refractivity contribution in [1.82, 2.24) is 10.6 Å². The molecule has 2 aromatic rings. The molecule has 0 aliphatic rings. The quantitative estimate of drug-likeness (QED) is 0.188. The van der Waals surface area contributed by atoms with Crippen molar-refractivity contribution in [3.05, 3.63) is 59.7 Å². The number of nitrogens with one attached hydrogen (secondary N) is 2. The van der Waals surface area contributed by atoms with Gasteiger partial charge in [0.25, 0.3) is 11.8 Å². The summed E-state index contributed by atoms with van der Waals surface area (Å²) in [4.78, 5) is 48.9. The molecule has 0 saturated heterocycles. The molecule has 0 aliphatic heterocycles. The Bertz CT molecular complexity index is 980. The van der Waals surface area contributed by atoms with Crippen LogP contribution in [-0.2, 0) is 19.1 Å². The number of amides is 2. The largest absolute Gasteiger partial charge is 0.374 e. The third-order valence-corrected chi connectivity index (χ3v) is 7.58. The Balaban J connectivity index is 1.83. The number of ether oxygens (including phenoxy) is 2. The highest BCUT2D eigenvalue weighted by Gasteiger charge is 2.15. The average Bonchev–Trinajstić information content (AvgIpc) is 2.90. The maximum atomic E-state index is 12.8. The van der Waals surface area contributed by atoms with Crippen LogP contribution in [0.2, 0.25) is 0 Å². The van der Waals surface area contributed by atoms with Crippen molar-refractivity contribution in [2.24, 2.45) is 0 Å². The molecule has 38 heavy (non-hydrogen) atoms. The SMILES string of the molecule is CC(=O)COCCCCNC(=O)c1ccccc1SSc1ccccc1C(=O)NCCCCOCC(C)=O. The lowest BCUT2D eigenvalue weighted by Gasteiger charge is -2.12. The van der Waals surface area contributed by atoms with Crippen molar-refractivity contribution in [2.75, 3.05) is 39.5 Å². The van der Waals surface area contributed by atoms with Gasteiger partial charge in [0, 0.05) is 36.1 Å². The zero-order valence-electron chi connectivity index (χ0n) is 22.0. The number of hydrogen-bond donors (Lipinski definition) is 2. The molecular weight excluding hydrogens is 524 g/mol. The minimum atomic E-state index is -0.156. The molecule has 0 aliphatic carbocycles. The number of hydrogen-bond acceptors (Lipinski definition) is 8. The summed E-state index contributed by atoms with van der Waals surface area (Å²) in [5.74, 6) is -0.316. The summed E-state index contributed by atoms with van der Waals surface area (Å²) >= 11 is 0. The molecule has 0 atom stereocenters. The van der Waals surface area contributed by atoms with Crippen molar-refractivity contribution >= 4 is 45.0 Å². The molecule has 0 unspecified atom stereocenters. The summed E-state index contributed by atoms with van der Waals surface area (Å²) in [5, 5.41) is 5.88. The molecule has 0 saturated carbocycles. The van der Waals surface area contributed by atoms with E-state index in [1.165, 1.54) is 35.4 Å². The van der Waals surface area contributed by atoms with Crippen LogP contribution in [0.4, 0.5) is 0 Å². The molecule has 2 N–H and O–H groups in total. The van der Waals surface area contributed by atoms with Crippen molar-refractivity contribution in [3.8, 4) is 0 Å². The Hall–Kier alpha value is -2.66. The van der Waals surface area contributed by atoms with E-state index in [-0.39, 0.29) is 36.6 Å². The summed E-state index contributed by atoms with van der Waals surface area (Å²) < 4.78 is 10.5. The number of unbranched alkanes of at least 4 members (excludes halogenated alkanes) is 2. The number of carbonyl (C=O) groups excluding carboxylic acids is 4. The zero-order valence-corrected chi connectivity index (χ0v) is 23.6. The molecule has 10 heteroatoms. The zero-order chi connectivity index (χ0) is 27.6. The van der Waals surface area contributed by atoms with Gasteiger partial charge < -0.3 is 20.1 Å². The summed E-state index contributed by atoms with van der Waals surface area (Å²) in [6.45, 7) is 5.22. The first-order valence-corrected chi connectivity index (χ1v) is 14.8. The van der Waals surface area contributed by atoms with Crippen LogP contribution in [0.1, 0.15) is 60.2 Å². The summed E-state index contributed by atoms with van der Waals surface area (Å²) in [5.41, 5.74) is 1.15. The Morgan fingerprint density at radius 1 is 0.632 bits per heavy atom. The Labute approximate surface area is 232 Å². The Morgan fingerprint density at radius 3 is 1.42 bits per heavy atom. The molecule has 0 bridgehead atoms. The Kier molecular flexibility index (Phi) is 15.4. The molecule has 2 aromatic carbocycles. The van der Waals surface area contributed by atoms with Crippen LogP contribution in [0, 0.1) is 0 Å². The van der Waals surface area contributed by atoms with Crippen molar-refractivity contribution in [3.63, 3.8) is 0 Å². The standard InChI is InChI=1S/C28H36N2O6S2/c1-21(31)19-35-17-9-7-15-29-27(33)23-11-3-5-13-25(23)37-38-26-14-6-4-12-24(26)28(34)30-16-8-10-18-36-20-22(2)32/h3-6,11-14H,7-10,15-20H2,1-2H3,(H,29,33)(H,30,34). The fourth-order valence-electron chi connectivity index (χ4n) is 3.23. The molecule has 0 fully saturated rings. The number of rotatable bonds is 19. The minimum Gasteiger partial charge on any atom is -0.374 e. The smallest absolute Gasteiger partial charge is 0.252 e. The lowest BCUT2D eigenvalue weighted by Crippen LogP contribution is -2.25. The minimum absolute atomic E-state index is 0.00212. The highest BCUT2D eigenvalue weighted by atomic mass is 33.1. The van der Waals surface area contributed by atoms with E-state index in [0.717, 1.165) is 35.5 Å². The second-order valence-electron chi connectivity index (χ2n) is 8.59. The van der Waals surface area contributed by atoms with Gasteiger partial charge in [-0.05, 0) is 63.8 Å². The van der Waals surface area contributed by atoms with Gasteiger partial charge in [-0.25, -0.2) is 0 Å². The summed E-state index contributed by atoms with van der Waals surface area (Å²) in [6, 6.07) is 14.8. The molecule has 2 amide bonds. The van der Waals surface area contributed by atoms with Crippen molar-refractivity contribution in [2.45, 2.75) is 49.3 Å². The number of Topliss-reactive ketones (excluding diaryl/α,β-unsaturated/α-hetero) is 2. The molecule has 0 aromatic heterocycles. The second-order valence-corrected chi connectivity index (χ2v) is 10.8. The average molecular weight is 561 g/mol. The first-order chi connectivity index (χ1) is 18.4. The van der Waals surface area contributed by atoms with E-state index in [0.29, 0.717) is 37.4 Å². The van der Waals surface area contributed by atoms with Gasteiger partial charge in [-0.3, -0.25) is 19.2 Å². The van der Waals surface area contributed by atoms with Crippen molar-refractivity contribution < 1.29 is 28.7 Å². The third-order valence-electron chi connectivity index (χ3n) is 5.10. The van der Waals surface area contributed by atoms with E-state index in [4.69, 9.17) is 9.47 Å². The van der Waals surface area contributed by atoms with E-state index < -0.39 is 0 Å². The monoisotopic (exact) mass is 560 g/mol. The predicted octanol–water partition coefficient (Wildman–Crippen LogP) is 4.72. The van der Waals surface area contributed by atoms with Gasteiger partial charge in [0.2, 0.25) is 0 Å². The van der Waals surface area contributed by atoms with Crippen LogP contribution in [-0.4, -0.2) is 62.9 Å². The maximum absolute atomic E-state index is 12.8. The van der Waals surface area contributed by atoms with Gasteiger partial charge in [-0.15, -0.1) is 0 Å². The second kappa shape index (κ2) is 18.6. The van der Waals surface area contributed by atoms with E-state index in [2.05, 4.69) is 10.6 Å². The fourth-order valence-corrected chi connectivity index (χ4v) is 5.59. The lowest BCUT2D eigenvalue weighted by molar-refractivity contribution is -0.122. The van der Waals surface area contributed by atoms with Gasteiger partial charge in [-0.2, -0.15) is 0 Å². The van der Waals surface area contributed by atoms with Crippen LogP contribution in [0.3, 0.4) is 0 Å². The maximum Gasteiger partial charge on any atom is 0.252 e. The fraction of sp³-hybridized carbons (Fsp3) is 0.429.